The van der Waals surface area contributed by atoms with Gasteiger partial charge in [-0.15, -0.1) is 35.3 Å². The Bertz CT molecular complexity index is 418. The first kappa shape index (κ1) is 21.6. The summed E-state index contributed by atoms with van der Waals surface area (Å²) in [7, 11) is 1.83. The van der Waals surface area contributed by atoms with Crippen LogP contribution in [-0.2, 0) is 6.42 Å². The lowest BCUT2D eigenvalue weighted by Crippen LogP contribution is -2.38. The average Bonchev–Trinajstić information content (AvgIpc) is 2.86. The number of aromatic nitrogens is 1. The third-order valence-corrected chi connectivity index (χ3v) is 4.28. The summed E-state index contributed by atoms with van der Waals surface area (Å²) in [6.07, 6.45) is 5.92. The van der Waals surface area contributed by atoms with E-state index in [2.05, 4.69) is 39.8 Å². The Hall–Kier alpha value is -0.370. The molecule has 128 valence electrons. The molecule has 2 N–H and O–H groups in total. The lowest BCUT2D eigenvalue weighted by atomic mass is 10.1. The van der Waals surface area contributed by atoms with Crippen molar-refractivity contribution < 1.29 is 0 Å². The van der Waals surface area contributed by atoms with E-state index in [1.165, 1.54) is 24.3 Å². The minimum Gasteiger partial charge on any atom is -0.356 e. The Labute approximate surface area is 156 Å². The highest BCUT2D eigenvalue weighted by molar-refractivity contribution is 14.0. The SMILES string of the molecule is CN=C(NCCCCC(C)C)NCCCc1nc(C)cs1.I. The molecule has 0 saturated heterocycles. The molecular formula is C16H31IN4S. The fraction of sp³-hybridized carbons (Fsp3) is 0.750. The van der Waals surface area contributed by atoms with Crippen LogP contribution in [0.15, 0.2) is 10.4 Å². The smallest absolute Gasteiger partial charge is 0.190 e. The Morgan fingerprint density at radius 2 is 1.91 bits per heavy atom. The quantitative estimate of drug-likeness (QED) is 0.265. The van der Waals surface area contributed by atoms with Crippen LogP contribution in [0.1, 0.15) is 50.2 Å². The number of aryl methyl sites for hydroxylation is 2. The van der Waals surface area contributed by atoms with Crippen molar-refractivity contribution in [1.82, 2.24) is 15.6 Å². The Morgan fingerprint density at radius 3 is 2.45 bits per heavy atom. The average molecular weight is 438 g/mol. The van der Waals surface area contributed by atoms with Crippen LogP contribution in [0, 0.1) is 12.8 Å². The first-order chi connectivity index (χ1) is 10.1. The molecule has 0 aromatic carbocycles. The number of halogens is 1. The minimum absolute atomic E-state index is 0. The number of unbranched alkanes of at least 4 members (excludes halogenated alkanes) is 1. The van der Waals surface area contributed by atoms with Gasteiger partial charge in [-0.05, 0) is 25.7 Å². The van der Waals surface area contributed by atoms with Crippen LogP contribution in [0.4, 0.5) is 0 Å². The molecule has 0 aliphatic heterocycles. The third kappa shape index (κ3) is 10.4. The van der Waals surface area contributed by atoms with E-state index < -0.39 is 0 Å². The molecule has 0 radical (unpaired) electrons. The summed E-state index contributed by atoms with van der Waals surface area (Å²) in [5.74, 6) is 1.71. The number of rotatable bonds is 9. The molecule has 0 saturated carbocycles. The first-order valence-corrected chi connectivity index (χ1v) is 8.85. The molecule has 0 fully saturated rings. The van der Waals surface area contributed by atoms with E-state index in [1.54, 1.807) is 11.3 Å². The second-order valence-electron chi connectivity index (χ2n) is 5.80. The predicted molar refractivity (Wildman–Crippen MR) is 109 cm³/mol. The van der Waals surface area contributed by atoms with E-state index >= 15 is 0 Å². The molecule has 0 amide bonds. The normalized spacial score (nSPS) is 11.4. The van der Waals surface area contributed by atoms with Gasteiger partial charge in [-0.25, -0.2) is 4.98 Å². The van der Waals surface area contributed by atoms with Gasteiger partial charge in [0.2, 0.25) is 0 Å². The van der Waals surface area contributed by atoms with E-state index in [0.717, 1.165) is 43.5 Å². The Kier molecular flexibility index (Phi) is 12.9. The maximum Gasteiger partial charge on any atom is 0.190 e. The monoisotopic (exact) mass is 438 g/mol. The van der Waals surface area contributed by atoms with Crippen molar-refractivity contribution in [2.24, 2.45) is 10.9 Å². The Morgan fingerprint density at radius 1 is 1.23 bits per heavy atom. The molecular weight excluding hydrogens is 407 g/mol. The van der Waals surface area contributed by atoms with E-state index in [1.807, 2.05) is 14.0 Å². The number of nitrogens with one attached hydrogen (secondary N) is 2. The van der Waals surface area contributed by atoms with Gasteiger partial charge in [0.05, 0.1) is 5.01 Å². The fourth-order valence-corrected chi connectivity index (χ4v) is 2.89. The molecule has 0 bridgehead atoms. The van der Waals surface area contributed by atoms with Crippen molar-refractivity contribution >= 4 is 41.3 Å². The highest BCUT2D eigenvalue weighted by Gasteiger charge is 2.00. The van der Waals surface area contributed by atoms with Crippen LogP contribution < -0.4 is 10.6 Å². The van der Waals surface area contributed by atoms with E-state index in [9.17, 15) is 0 Å². The van der Waals surface area contributed by atoms with Gasteiger partial charge < -0.3 is 10.6 Å². The second kappa shape index (κ2) is 13.1. The number of guanidine groups is 1. The zero-order valence-electron chi connectivity index (χ0n) is 14.3. The van der Waals surface area contributed by atoms with Crippen molar-refractivity contribution in [2.75, 3.05) is 20.1 Å². The summed E-state index contributed by atoms with van der Waals surface area (Å²) in [4.78, 5) is 8.73. The molecule has 4 nitrogen and oxygen atoms in total. The van der Waals surface area contributed by atoms with Gasteiger partial charge in [0.15, 0.2) is 5.96 Å². The molecule has 22 heavy (non-hydrogen) atoms. The van der Waals surface area contributed by atoms with Crippen molar-refractivity contribution in [3.8, 4) is 0 Å². The number of aliphatic imine (C=N–C) groups is 1. The fourth-order valence-electron chi connectivity index (χ4n) is 2.07. The minimum atomic E-state index is 0. The molecule has 0 aliphatic carbocycles. The first-order valence-electron chi connectivity index (χ1n) is 7.97. The van der Waals surface area contributed by atoms with E-state index in [-0.39, 0.29) is 24.0 Å². The predicted octanol–water partition coefficient (Wildman–Crippen LogP) is 3.99. The number of hydrogen-bond acceptors (Lipinski definition) is 3. The van der Waals surface area contributed by atoms with Crippen LogP contribution in [-0.4, -0.2) is 31.1 Å². The van der Waals surface area contributed by atoms with E-state index in [4.69, 9.17) is 0 Å². The van der Waals surface area contributed by atoms with Crippen LogP contribution in [0.5, 0.6) is 0 Å². The topological polar surface area (TPSA) is 49.3 Å². The van der Waals surface area contributed by atoms with Gasteiger partial charge in [-0.3, -0.25) is 4.99 Å². The highest BCUT2D eigenvalue weighted by Crippen LogP contribution is 2.10. The molecule has 0 aliphatic rings. The van der Waals surface area contributed by atoms with Gasteiger partial charge in [-0.1, -0.05) is 26.7 Å². The molecule has 1 aromatic rings. The summed E-state index contributed by atoms with van der Waals surface area (Å²) in [5, 5.41) is 10.1. The maximum absolute atomic E-state index is 4.48. The molecule has 0 atom stereocenters. The Balaban J connectivity index is 0.00000441. The van der Waals surface area contributed by atoms with Crippen LogP contribution in [0.25, 0.3) is 0 Å². The van der Waals surface area contributed by atoms with Crippen LogP contribution >= 0.6 is 35.3 Å². The molecule has 1 heterocycles. The van der Waals surface area contributed by atoms with Gasteiger partial charge in [-0.2, -0.15) is 0 Å². The summed E-state index contributed by atoms with van der Waals surface area (Å²) >= 11 is 1.75. The van der Waals surface area contributed by atoms with Crippen LogP contribution in [0.3, 0.4) is 0 Å². The number of hydrogen-bond donors (Lipinski definition) is 2. The summed E-state index contributed by atoms with van der Waals surface area (Å²) in [6.45, 7) is 8.53. The van der Waals surface area contributed by atoms with Crippen molar-refractivity contribution in [1.29, 1.82) is 0 Å². The maximum atomic E-state index is 4.48. The number of thiazole rings is 1. The van der Waals surface area contributed by atoms with Gasteiger partial charge in [0.25, 0.3) is 0 Å². The standard InChI is InChI=1S/C16H30N4S.HI/c1-13(2)8-5-6-10-18-16(17-4)19-11-7-9-15-20-14(3)12-21-15;/h12-13H,5-11H2,1-4H3,(H2,17,18,19);1H. The lowest BCUT2D eigenvalue weighted by Gasteiger charge is -2.11. The lowest BCUT2D eigenvalue weighted by molar-refractivity contribution is 0.534. The van der Waals surface area contributed by atoms with E-state index in [0.29, 0.717) is 0 Å². The number of nitrogens with zero attached hydrogens (tertiary/aromatic N) is 2. The van der Waals surface area contributed by atoms with Crippen molar-refractivity contribution in [2.45, 2.75) is 52.9 Å². The third-order valence-electron chi connectivity index (χ3n) is 3.25. The summed E-state index contributed by atoms with van der Waals surface area (Å²) < 4.78 is 0. The van der Waals surface area contributed by atoms with Crippen molar-refractivity contribution in [3.05, 3.63) is 16.1 Å². The summed E-state index contributed by atoms with van der Waals surface area (Å²) in [6, 6.07) is 0. The summed E-state index contributed by atoms with van der Waals surface area (Å²) in [5.41, 5.74) is 1.13. The van der Waals surface area contributed by atoms with Crippen molar-refractivity contribution in [3.63, 3.8) is 0 Å². The largest absolute Gasteiger partial charge is 0.356 e. The second-order valence-corrected chi connectivity index (χ2v) is 6.74. The molecule has 6 heteroatoms. The zero-order chi connectivity index (χ0) is 15.5. The highest BCUT2D eigenvalue weighted by atomic mass is 127. The van der Waals surface area contributed by atoms with Gasteiger partial charge >= 0.3 is 0 Å². The van der Waals surface area contributed by atoms with Gasteiger partial charge in [0, 0.05) is 37.6 Å². The molecule has 1 rings (SSSR count). The van der Waals surface area contributed by atoms with Gasteiger partial charge in [0.1, 0.15) is 0 Å². The molecule has 0 unspecified atom stereocenters. The molecule has 0 spiro atoms. The zero-order valence-corrected chi connectivity index (χ0v) is 17.5. The molecule has 1 aromatic heterocycles. The van der Waals surface area contributed by atoms with Crippen LogP contribution in [0.2, 0.25) is 0 Å².